The Labute approximate surface area is 183 Å². The first-order chi connectivity index (χ1) is 14.9. The third kappa shape index (κ3) is 3.90. The van der Waals surface area contributed by atoms with Gasteiger partial charge in [-0.1, -0.05) is 25.1 Å². The van der Waals surface area contributed by atoms with Gasteiger partial charge in [0, 0.05) is 28.7 Å². The summed E-state index contributed by atoms with van der Waals surface area (Å²) >= 11 is 0.901. The molecular formula is C23H22N2O5S. The van der Waals surface area contributed by atoms with Crippen LogP contribution in [0, 0.1) is 0 Å². The molecule has 3 heterocycles. The fourth-order valence-electron chi connectivity index (χ4n) is 3.51. The van der Waals surface area contributed by atoms with E-state index in [1.54, 1.807) is 12.1 Å². The van der Waals surface area contributed by atoms with E-state index in [1.807, 2.05) is 24.4 Å². The molecule has 0 radical (unpaired) electrons. The standard InChI is InChI=1S/C23H22N2O5S/c1-4-14(2)24-12-15(17-7-5-6-8-18(17)24)11-20-21(26)25(23(28)31-20)13-16-9-10-19(30-16)22(27)29-3/h5-12,14H,4,13H2,1-3H3. The van der Waals surface area contributed by atoms with Crippen LogP contribution in [0.15, 0.2) is 51.9 Å². The zero-order chi connectivity index (χ0) is 22.1. The van der Waals surface area contributed by atoms with Gasteiger partial charge < -0.3 is 13.7 Å². The van der Waals surface area contributed by atoms with Gasteiger partial charge in [-0.05, 0) is 49.4 Å². The van der Waals surface area contributed by atoms with E-state index in [9.17, 15) is 14.4 Å². The maximum absolute atomic E-state index is 12.9. The fraction of sp³-hybridized carbons (Fsp3) is 0.261. The van der Waals surface area contributed by atoms with E-state index < -0.39 is 5.97 Å². The van der Waals surface area contributed by atoms with E-state index in [2.05, 4.69) is 29.2 Å². The van der Waals surface area contributed by atoms with Crippen molar-refractivity contribution in [2.24, 2.45) is 0 Å². The number of ether oxygens (including phenoxy) is 1. The van der Waals surface area contributed by atoms with Crippen LogP contribution in [0.5, 0.6) is 0 Å². The van der Waals surface area contributed by atoms with Gasteiger partial charge in [-0.25, -0.2) is 4.79 Å². The number of carbonyl (C=O) groups excluding carboxylic acids is 3. The molecule has 0 bridgehead atoms. The van der Waals surface area contributed by atoms with Gasteiger partial charge in [0.15, 0.2) is 0 Å². The van der Waals surface area contributed by atoms with Crippen molar-refractivity contribution < 1.29 is 23.5 Å². The largest absolute Gasteiger partial charge is 0.463 e. The number of carbonyl (C=O) groups is 3. The number of hydrogen-bond donors (Lipinski definition) is 0. The highest BCUT2D eigenvalue weighted by Gasteiger charge is 2.36. The Kier molecular flexibility index (Phi) is 5.73. The van der Waals surface area contributed by atoms with Gasteiger partial charge in [-0.3, -0.25) is 14.5 Å². The van der Waals surface area contributed by atoms with Crippen molar-refractivity contribution in [3.05, 3.63) is 64.6 Å². The van der Waals surface area contributed by atoms with E-state index in [1.165, 1.54) is 13.2 Å². The second-order valence-electron chi connectivity index (χ2n) is 7.29. The number of hydrogen-bond acceptors (Lipinski definition) is 6. The predicted molar refractivity (Wildman–Crippen MR) is 119 cm³/mol. The van der Waals surface area contributed by atoms with Crippen LogP contribution >= 0.6 is 11.8 Å². The van der Waals surface area contributed by atoms with Gasteiger partial charge in [-0.15, -0.1) is 0 Å². The summed E-state index contributed by atoms with van der Waals surface area (Å²) < 4.78 is 12.2. The monoisotopic (exact) mass is 438 g/mol. The highest BCUT2D eigenvalue weighted by Crippen LogP contribution is 2.35. The van der Waals surface area contributed by atoms with Crippen LogP contribution in [-0.4, -0.2) is 33.7 Å². The van der Waals surface area contributed by atoms with Crippen molar-refractivity contribution in [2.45, 2.75) is 32.9 Å². The molecule has 4 rings (SSSR count). The molecule has 7 nitrogen and oxygen atoms in total. The number of esters is 1. The maximum Gasteiger partial charge on any atom is 0.373 e. The summed E-state index contributed by atoms with van der Waals surface area (Å²) in [6.45, 7) is 4.23. The Morgan fingerprint density at radius 1 is 1.23 bits per heavy atom. The lowest BCUT2D eigenvalue weighted by atomic mass is 10.1. The smallest absolute Gasteiger partial charge is 0.373 e. The Morgan fingerprint density at radius 3 is 2.74 bits per heavy atom. The highest BCUT2D eigenvalue weighted by molar-refractivity contribution is 8.18. The molecular weight excluding hydrogens is 416 g/mol. The summed E-state index contributed by atoms with van der Waals surface area (Å²) in [4.78, 5) is 38.5. The topological polar surface area (TPSA) is 81.8 Å². The second-order valence-corrected chi connectivity index (χ2v) is 8.28. The number of fused-ring (bicyclic) bond motifs is 1. The minimum Gasteiger partial charge on any atom is -0.463 e. The van der Waals surface area contributed by atoms with Gasteiger partial charge in [0.1, 0.15) is 5.76 Å². The molecule has 1 unspecified atom stereocenters. The number of rotatable bonds is 6. The first-order valence-corrected chi connectivity index (χ1v) is 10.8. The number of imide groups is 1. The number of benzene rings is 1. The molecule has 31 heavy (non-hydrogen) atoms. The molecule has 8 heteroatoms. The van der Waals surface area contributed by atoms with Gasteiger partial charge in [0.05, 0.1) is 18.6 Å². The first kappa shape index (κ1) is 21.0. The molecule has 1 aliphatic rings. The molecule has 1 atom stereocenters. The van der Waals surface area contributed by atoms with E-state index in [0.717, 1.165) is 39.5 Å². The number of thioether (sulfide) groups is 1. The average molecular weight is 439 g/mol. The third-order valence-electron chi connectivity index (χ3n) is 5.36. The van der Waals surface area contributed by atoms with Crippen LogP contribution in [0.3, 0.4) is 0 Å². The molecule has 2 aromatic heterocycles. The molecule has 1 saturated heterocycles. The van der Waals surface area contributed by atoms with Gasteiger partial charge >= 0.3 is 5.97 Å². The molecule has 0 N–H and O–H groups in total. The molecule has 0 aliphatic carbocycles. The van der Waals surface area contributed by atoms with Crippen molar-refractivity contribution in [3.8, 4) is 0 Å². The van der Waals surface area contributed by atoms with Crippen LogP contribution < -0.4 is 0 Å². The third-order valence-corrected chi connectivity index (χ3v) is 6.27. The van der Waals surface area contributed by atoms with Gasteiger partial charge in [0.2, 0.25) is 5.76 Å². The Morgan fingerprint density at radius 2 is 2.00 bits per heavy atom. The summed E-state index contributed by atoms with van der Waals surface area (Å²) in [5, 5.41) is 0.654. The molecule has 1 aromatic carbocycles. The lowest BCUT2D eigenvalue weighted by Gasteiger charge is -2.12. The number of furan rings is 1. The number of aromatic nitrogens is 1. The summed E-state index contributed by atoms with van der Waals surface area (Å²) in [5.74, 6) is -0.639. The van der Waals surface area contributed by atoms with E-state index in [4.69, 9.17) is 4.42 Å². The van der Waals surface area contributed by atoms with E-state index in [0.29, 0.717) is 16.7 Å². The van der Waals surface area contributed by atoms with Crippen LogP contribution in [-0.2, 0) is 16.1 Å². The predicted octanol–water partition coefficient (Wildman–Crippen LogP) is 5.23. The van der Waals surface area contributed by atoms with Crippen molar-refractivity contribution in [1.29, 1.82) is 0 Å². The van der Waals surface area contributed by atoms with Crippen molar-refractivity contribution in [3.63, 3.8) is 0 Å². The van der Waals surface area contributed by atoms with Crippen LogP contribution in [0.2, 0.25) is 0 Å². The van der Waals surface area contributed by atoms with Crippen molar-refractivity contribution in [2.75, 3.05) is 7.11 Å². The molecule has 0 saturated carbocycles. The molecule has 3 aromatic rings. The second kappa shape index (κ2) is 8.47. The Balaban J connectivity index is 1.62. The van der Waals surface area contributed by atoms with Crippen LogP contribution in [0.1, 0.15) is 48.2 Å². The molecule has 160 valence electrons. The van der Waals surface area contributed by atoms with Crippen LogP contribution in [0.25, 0.3) is 17.0 Å². The first-order valence-electron chi connectivity index (χ1n) is 9.95. The van der Waals surface area contributed by atoms with Gasteiger partial charge in [0.25, 0.3) is 11.1 Å². The normalized spacial score (nSPS) is 16.5. The summed E-state index contributed by atoms with van der Waals surface area (Å²) in [6, 6.07) is 11.3. The fourth-order valence-corrected chi connectivity index (χ4v) is 4.34. The zero-order valence-corrected chi connectivity index (χ0v) is 18.3. The van der Waals surface area contributed by atoms with Crippen molar-refractivity contribution >= 4 is 45.9 Å². The lowest BCUT2D eigenvalue weighted by Crippen LogP contribution is -2.27. The number of amides is 2. The molecule has 1 aliphatic heterocycles. The quantitative estimate of drug-likeness (QED) is 0.387. The molecule has 0 spiro atoms. The minimum absolute atomic E-state index is 0.0258. The van der Waals surface area contributed by atoms with E-state index >= 15 is 0 Å². The van der Waals surface area contributed by atoms with Crippen molar-refractivity contribution in [1.82, 2.24) is 9.47 Å². The molecule has 2 amide bonds. The highest BCUT2D eigenvalue weighted by atomic mass is 32.2. The maximum atomic E-state index is 12.9. The lowest BCUT2D eigenvalue weighted by molar-refractivity contribution is -0.123. The van der Waals surface area contributed by atoms with Crippen LogP contribution in [0.4, 0.5) is 4.79 Å². The Hall–Kier alpha value is -3.26. The minimum atomic E-state index is -0.613. The van der Waals surface area contributed by atoms with Gasteiger partial charge in [-0.2, -0.15) is 0 Å². The average Bonchev–Trinajstić information content (AvgIpc) is 3.46. The Bertz CT molecular complexity index is 1210. The molecule has 1 fully saturated rings. The zero-order valence-electron chi connectivity index (χ0n) is 17.5. The summed E-state index contributed by atoms with van der Waals surface area (Å²) in [5.41, 5.74) is 1.99. The summed E-state index contributed by atoms with van der Waals surface area (Å²) in [6.07, 6.45) is 4.78. The summed E-state index contributed by atoms with van der Waals surface area (Å²) in [7, 11) is 1.25. The number of nitrogens with zero attached hydrogens (tertiary/aromatic N) is 2. The SMILES string of the molecule is CCC(C)n1cc(C=C2SC(=O)N(Cc3ccc(C(=O)OC)o3)C2=O)c2ccccc21. The number of methoxy groups -OCH3 is 1. The van der Waals surface area contributed by atoms with E-state index in [-0.39, 0.29) is 23.5 Å². The number of para-hydroxylation sites is 1.